The maximum atomic E-state index is 14.7. The Morgan fingerprint density at radius 3 is 2.22 bits per heavy atom. The van der Waals surface area contributed by atoms with Crippen LogP contribution in [0.2, 0.25) is 0 Å². The third-order valence-corrected chi connectivity index (χ3v) is 5.91. The zero-order valence-corrected chi connectivity index (χ0v) is 20.2. The molecule has 2 aromatic carbocycles. The van der Waals surface area contributed by atoms with Gasteiger partial charge >= 0.3 is 5.97 Å². The minimum absolute atomic E-state index is 0.264. The molecule has 0 aliphatic carbocycles. The first kappa shape index (κ1) is 25.9. The molecule has 0 spiro atoms. The number of benzene rings is 2. The Kier molecular flexibility index (Phi) is 11.3. The summed E-state index contributed by atoms with van der Waals surface area (Å²) in [5.74, 6) is 0.447. The van der Waals surface area contributed by atoms with Crippen LogP contribution in [0, 0.1) is 11.7 Å². The van der Waals surface area contributed by atoms with Gasteiger partial charge in [-0.2, -0.15) is 0 Å². The van der Waals surface area contributed by atoms with E-state index in [1.807, 2.05) is 44.2 Å². The molecule has 0 saturated heterocycles. The highest BCUT2D eigenvalue weighted by Crippen LogP contribution is 2.28. The van der Waals surface area contributed by atoms with Crippen LogP contribution in [0.3, 0.4) is 0 Å². The van der Waals surface area contributed by atoms with E-state index in [1.165, 1.54) is 38.2 Å². The lowest BCUT2D eigenvalue weighted by Gasteiger charge is -2.16. The SMILES string of the molecule is CCCCCCCCOc1ccc(-c2ccc(C(C)OC(=O)CC(C)CC)c(F)c2)cc1. The first-order chi connectivity index (χ1) is 15.4. The maximum absolute atomic E-state index is 14.7. The van der Waals surface area contributed by atoms with Crippen molar-refractivity contribution in [1.82, 2.24) is 0 Å². The van der Waals surface area contributed by atoms with Gasteiger partial charge in [0, 0.05) is 12.0 Å². The molecule has 0 N–H and O–H groups in total. The first-order valence-electron chi connectivity index (χ1n) is 12.2. The van der Waals surface area contributed by atoms with E-state index in [1.54, 1.807) is 13.0 Å². The lowest BCUT2D eigenvalue weighted by Crippen LogP contribution is -2.13. The highest BCUT2D eigenvalue weighted by molar-refractivity contribution is 5.70. The van der Waals surface area contributed by atoms with Crippen LogP contribution >= 0.6 is 0 Å². The largest absolute Gasteiger partial charge is 0.494 e. The molecule has 3 nitrogen and oxygen atoms in total. The van der Waals surface area contributed by atoms with Gasteiger partial charge in [0.25, 0.3) is 0 Å². The molecule has 0 amide bonds. The van der Waals surface area contributed by atoms with Crippen LogP contribution in [0.25, 0.3) is 11.1 Å². The molecule has 0 saturated carbocycles. The maximum Gasteiger partial charge on any atom is 0.306 e. The van der Waals surface area contributed by atoms with Crippen molar-refractivity contribution < 1.29 is 18.7 Å². The summed E-state index contributed by atoms with van der Waals surface area (Å²) < 4.78 is 26.0. The molecule has 2 rings (SSSR count). The Balaban J connectivity index is 1.88. The number of carbonyl (C=O) groups is 1. The number of unbranched alkanes of at least 4 members (excludes halogenated alkanes) is 5. The summed E-state index contributed by atoms with van der Waals surface area (Å²) in [6, 6.07) is 12.8. The predicted molar refractivity (Wildman–Crippen MR) is 129 cm³/mol. The lowest BCUT2D eigenvalue weighted by atomic mass is 10.0. The molecule has 0 aromatic heterocycles. The summed E-state index contributed by atoms with van der Waals surface area (Å²) in [4.78, 5) is 12.0. The van der Waals surface area contributed by atoms with Crippen molar-refractivity contribution in [2.24, 2.45) is 5.92 Å². The van der Waals surface area contributed by atoms with Gasteiger partial charge in [-0.05, 0) is 48.6 Å². The third-order valence-electron chi connectivity index (χ3n) is 5.91. The second-order valence-electron chi connectivity index (χ2n) is 8.73. The highest BCUT2D eigenvalue weighted by atomic mass is 19.1. The smallest absolute Gasteiger partial charge is 0.306 e. The van der Waals surface area contributed by atoms with Crippen LogP contribution in [-0.2, 0) is 9.53 Å². The normalized spacial score (nSPS) is 12.9. The summed E-state index contributed by atoms with van der Waals surface area (Å²) in [6.07, 6.45) is 8.08. The van der Waals surface area contributed by atoms with Crippen LogP contribution in [0.15, 0.2) is 42.5 Å². The summed E-state index contributed by atoms with van der Waals surface area (Å²) in [6.45, 7) is 8.70. The fraction of sp³-hybridized carbons (Fsp3) is 0.536. The Bertz CT molecular complexity index is 816. The topological polar surface area (TPSA) is 35.5 Å². The molecule has 2 aromatic rings. The van der Waals surface area contributed by atoms with Gasteiger partial charge in [-0.15, -0.1) is 0 Å². The van der Waals surface area contributed by atoms with Gasteiger partial charge in [-0.1, -0.05) is 83.6 Å². The second-order valence-corrected chi connectivity index (χ2v) is 8.73. The van der Waals surface area contributed by atoms with Gasteiger partial charge in [0.1, 0.15) is 17.7 Å². The zero-order chi connectivity index (χ0) is 23.3. The van der Waals surface area contributed by atoms with Gasteiger partial charge in [0.05, 0.1) is 6.61 Å². The number of halogens is 1. The quantitative estimate of drug-likeness (QED) is 0.218. The van der Waals surface area contributed by atoms with Crippen LogP contribution < -0.4 is 4.74 Å². The Morgan fingerprint density at radius 1 is 0.906 bits per heavy atom. The minimum Gasteiger partial charge on any atom is -0.494 e. The minimum atomic E-state index is -0.613. The van der Waals surface area contributed by atoms with Crippen molar-refractivity contribution in [3.63, 3.8) is 0 Å². The molecule has 2 unspecified atom stereocenters. The zero-order valence-electron chi connectivity index (χ0n) is 20.2. The van der Waals surface area contributed by atoms with Crippen LogP contribution in [0.1, 0.15) is 90.7 Å². The standard InChI is InChI=1S/C28H39FO3/c1-5-7-8-9-10-11-18-31-25-15-12-23(13-16-25)24-14-17-26(27(29)20-24)22(4)32-28(30)19-21(3)6-2/h12-17,20-22H,5-11,18-19H2,1-4H3. The van der Waals surface area contributed by atoms with Crippen LogP contribution in [0.5, 0.6) is 5.75 Å². The first-order valence-corrected chi connectivity index (χ1v) is 12.2. The molecular formula is C28H39FO3. The number of carbonyl (C=O) groups excluding carboxylic acids is 1. The van der Waals surface area contributed by atoms with Gasteiger partial charge in [0.2, 0.25) is 0 Å². The van der Waals surface area contributed by atoms with E-state index >= 15 is 0 Å². The molecule has 0 heterocycles. The fourth-order valence-corrected chi connectivity index (χ4v) is 3.59. The molecule has 0 fully saturated rings. The van der Waals surface area contributed by atoms with Crippen molar-refractivity contribution in [2.45, 2.75) is 85.2 Å². The fourth-order valence-electron chi connectivity index (χ4n) is 3.59. The summed E-state index contributed by atoms with van der Waals surface area (Å²) in [7, 11) is 0. The molecule has 4 heteroatoms. The van der Waals surface area contributed by atoms with Crippen LogP contribution in [0.4, 0.5) is 4.39 Å². The number of ether oxygens (including phenoxy) is 2. The van der Waals surface area contributed by atoms with E-state index in [9.17, 15) is 9.18 Å². The van der Waals surface area contributed by atoms with Gasteiger partial charge in [-0.3, -0.25) is 4.79 Å². The third kappa shape index (κ3) is 8.64. The van der Waals surface area contributed by atoms with E-state index in [2.05, 4.69) is 6.92 Å². The van der Waals surface area contributed by atoms with E-state index in [0.717, 1.165) is 36.3 Å². The Morgan fingerprint density at radius 2 is 1.56 bits per heavy atom. The van der Waals surface area contributed by atoms with Crippen molar-refractivity contribution in [2.75, 3.05) is 6.61 Å². The van der Waals surface area contributed by atoms with Gasteiger partial charge < -0.3 is 9.47 Å². The second kappa shape index (κ2) is 13.9. The van der Waals surface area contributed by atoms with Crippen molar-refractivity contribution in [3.05, 3.63) is 53.8 Å². The van der Waals surface area contributed by atoms with Gasteiger partial charge in [-0.25, -0.2) is 4.39 Å². The summed E-state index contributed by atoms with van der Waals surface area (Å²) >= 11 is 0. The van der Waals surface area contributed by atoms with Crippen LogP contribution in [-0.4, -0.2) is 12.6 Å². The van der Waals surface area contributed by atoms with Gasteiger partial charge in [0.15, 0.2) is 0 Å². The van der Waals surface area contributed by atoms with Crippen molar-refractivity contribution in [1.29, 1.82) is 0 Å². The Hall–Kier alpha value is -2.36. The lowest BCUT2D eigenvalue weighted by molar-refractivity contribution is -0.149. The van der Waals surface area contributed by atoms with E-state index in [-0.39, 0.29) is 17.7 Å². The van der Waals surface area contributed by atoms with Crippen molar-refractivity contribution in [3.8, 4) is 16.9 Å². The molecule has 0 aliphatic rings. The average molecular weight is 443 g/mol. The molecule has 2 atom stereocenters. The summed E-state index contributed by atoms with van der Waals surface area (Å²) in [5.41, 5.74) is 2.10. The molecule has 32 heavy (non-hydrogen) atoms. The van der Waals surface area contributed by atoms with E-state index in [4.69, 9.17) is 9.47 Å². The number of hydrogen-bond donors (Lipinski definition) is 0. The predicted octanol–water partition coefficient (Wildman–Crippen LogP) is 8.27. The number of esters is 1. The monoisotopic (exact) mass is 442 g/mol. The van der Waals surface area contributed by atoms with Crippen molar-refractivity contribution >= 4 is 5.97 Å². The molecule has 0 aliphatic heterocycles. The Labute approximate surface area is 193 Å². The number of hydrogen-bond acceptors (Lipinski definition) is 3. The highest BCUT2D eigenvalue weighted by Gasteiger charge is 2.17. The van der Waals surface area contributed by atoms with E-state index < -0.39 is 6.10 Å². The summed E-state index contributed by atoms with van der Waals surface area (Å²) in [5, 5.41) is 0. The van der Waals surface area contributed by atoms with E-state index in [0.29, 0.717) is 12.0 Å². The molecular weight excluding hydrogens is 403 g/mol. The molecule has 0 radical (unpaired) electrons. The number of rotatable bonds is 14. The molecule has 176 valence electrons. The molecule has 0 bridgehead atoms. The average Bonchev–Trinajstić information content (AvgIpc) is 2.78.